The maximum atomic E-state index is 10.4. The normalized spacial score (nSPS) is 10.4. The highest BCUT2D eigenvalue weighted by Crippen LogP contribution is 2.13. The zero-order valence-corrected chi connectivity index (χ0v) is 12.5. The molecule has 0 heterocycles. The summed E-state index contributed by atoms with van der Waals surface area (Å²) in [5.41, 5.74) is 2.20. The number of aliphatic carboxylic acids is 1. The summed E-state index contributed by atoms with van der Waals surface area (Å²) in [5.74, 6) is -0.836. The maximum Gasteiger partial charge on any atom is 0.322 e. The van der Waals surface area contributed by atoms with Crippen LogP contribution in [0.2, 0.25) is 0 Å². The molecular weight excluding hydrogens is 250 g/mol. The SMILES string of the molecule is CCCCCCCCCc1ccc(NCC(=O)O)cc1. The second kappa shape index (κ2) is 10.3. The van der Waals surface area contributed by atoms with Gasteiger partial charge < -0.3 is 10.4 Å². The van der Waals surface area contributed by atoms with E-state index in [1.807, 2.05) is 12.1 Å². The van der Waals surface area contributed by atoms with Crippen molar-refractivity contribution in [1.29, 1.82) is 0 Å². The second-order valence-electron chi connectivity index (χ2n) is 5.32. The average Bonchev–Trinajstić information content (AvgIpc) is 2.45. The van der Waals surface area contributed by atoms with E-state index in [2.05, 4.69) is 24.4 Å². The van der Waals surface area contributed by atoms with E-state index in [1.165, 1.54) is 50.5 Å². The van der Waals surface area contributed by atoms with Crippen LogP contribution in [-0.4, -0.2) is 17.6 Å². The first-order chi connectivity index (χ1) is 9.72. The number of carboxylic acids is 1. The highest BCUT2D eigenvalue weighted by atomic mass is 16.4. The summed E-state index contributed by atoms with van der Waals surface area (Å²) >= 11 is 0. The number of rotatable bonds is 11. The van der Waals surface area contributed by atoms with Crippen LogP contribution in [0.4, 0.5) is 5.69 Å². The number of nitrogens with one attached hydrogen (secondary N) is 1. The molecule has 0 amide bonds. The molecule has 0 aromatic heterocycles. The van der Waals surface area contributed by atoms with Crippen LogP contribution in [0, 0.1) is 0 Å². The Hall–Kier alpha value is -1.51. The number of aryl methyl sites for hydroxylation is 1. The summed E-state index contributed by atoms with van der Waals surface area (Å²) in [6.45, 7) is 2.21. The van der Waals surface area contributed by atoms with Crippen LogP contribution in [-0.2, 0) is 11.2 Å². The minimum Gasteiger partial charge on any atom is -0.480 e. The van der Waals surface area contributed by atoms with Gasteiger partial charge in [0.05, 0.1) is 0 Å². The van der Waals surface area contributed by atoms with Crippen molar-refractivity contribution >= 4 is 11.7 Å². The molecule has 0 bridgehead atoms. The summed E-state index contributed by atoms with van der Waals surface area (Å²) in [6, 6.07) is 8.08. The van der Waals surface area contributed by atoms with Crippen LogP contribution in [0.3, 0.4) is 0 Å². The number of hydrogen-bond acceptors (Lipinski definition) is 2. The molecule has 3 nitrogen and oxygen atoms in total. The third-order valence-electron chi connectivity index (χ3n) is 3.47. The molecule has 1 aromatic rings. The van der Waals surface area contributed by atoms with Gasteiger partial charge in [0.2, 0.25) is 0 Å². The quantitative estimate of drug-likeness (QED) is 0.586. The lowest BCUT2D eigenvalue weighted by Gasteiger charge is -2.06. The molecule has 1 rings (SSSR count). The number of unbranched alkanes of at least 4 members (excludes halogenated alkanes) is 6. The first kappa shape index (κ1) is 16.5. The predicted octanol–water partition coefficient (Wildman–Crippen LogP) is 4.48. The summed E-state index contributed by atoms with van der Waals surface area (Å²) in [5, 5.41) is 11.5. The van der Waals surface area contributed by atoms with Gasteiger partial charge in [-0.05, 0) is 30.5 Å². The summed E-state index contributed by atoms with van der Waals surface area (Å²) < 4.78 is 0. The van der Waals surface area contributed by atoms with E-state index in [1.54, 1.807) is 0 Å². The molecule has 0 aliphatic rings. The maximum absolute atomic E-state index is 10.4. The van der Waals surface area contributed by atoms with Crippen LogP contribution in [0.1, 0.15) is 57.4 Å². The van der Waals surface area contributed by atoms with Gasteiger partial charge in [0, 0.05) is 5.69 Å². The van der Waals surface area contributed by atoms with Crippen molar-refractivity contribution in [3.63, 3.8) is 0 Å². The van der Waals surface area contributed by atoms with Crippen molar-refractivity contribution in [1.82, 2.24) is 0 Å². The first-order valence-corrected chi connectivity index (χ1v) is 7.77. The standard InChI is InChI=1S/C17H27NO2/c1-2-3-4-5-6-7-8-9-15-10-12-16(13-11-15)18-14-17(19)20/h10-13,18H,2-9,14H2,1H3,(H,19,20). The third-order valence-corrected chi connectivity index (χ3v) is 3.47. The molecule has 112 valence electrons. The van der Waals surface area contributed by atoms with E-state index >= 15 is 0 Å². The summed E-state index contributed by atoms with van der Waals surface area (Å²) in [4.78, 5) is 10.4. The highest BCUT2D eigenvalue weighted by Gasteiger charge is 1.98. The van der Waals surface area contributed by atoms with E-state index in [9.17, 15) is 4.79 Å². The van der Waals surface area contributed by atoms with Gasteiger partial charge in [-0.1, -0.05) is 57.6 Å². The highest BCUT2D eigenvalue weighted by molar-refractivity contribution is 5.72. The summed E-state index contributed by atoms with van der Waals surface area (Å²) in [7, 11) is 0. The Bertz CT molecular complexity index is 373. The minimum absolute atomic E-state index is 0.0306. The largest absolute Gasteiger partial charge is 0.480 e. The Morgan fingerprint density at radius 3 is 2.20 bits per heavy atom. The zero-order chi connectivity index (χ0) is 14.6. The van der Waals surface area contributed by atoms with Gasteiger partial charge in [-0.15, -0.1) is 0 Å². The third kappa shape index (κ3) is 7.82. The zero-order valence-electron chi connectivity index (χ0n) is 12.5. The summed E-state index contributed by atoms with van der Waals surface area (Å²) in [6.07, 6.45) is 10.4. The van der Waals surface area contributed by atoms with Gasteiger partial charge in [-0.3, -0.25) is 4.79 Å². The second-order valence-corrected chi connectivity index (χ2v) is 5.32. The van der Waals surface area contributed by atoms with Crippen molar-refractivity contribution in [2.75, 3.05) is 11.9 Å². The van der Waals surface area contributed by atoms with Crippen molar-refractivity contribution in [2.45, 2.75) is 58.3 Å². The molecule has 2 N–H and O–H groups in total. The fourth-order valence-electron chi connectivity index (χ4n) is 2.25. The Kier molecular flexibility index (Phi) is 8.52. The lowest BCUT2D eigenvalue weighted by Crippen LogP contribution is -2.12. The van der Waals surface area contributed by atoms with Crippen molar-refractivity contribution in [3.05, 3.63) is 29.8 Å². The van der Waals surface area contributed by atoms with E-state index < -0.39 is 5.97 Å². The molecule has 3 heteroatoms. The van der Waals surface area contributed by atoms with Crippen molar-refractivity contribution in [3.8, 4) is 0 Å². The van der Waals surface area contributed by atoms with Gasteiger partial charge in [-0.2, -0.15) is 0 Å². The molecule has 0 radical (unpaired) electrons. The molecule has 1 aromatic carbocycles. The Labute approximate surface area is 122 Å². The van der Waals surface area contributed by atoms with Crippen LogP contribution in [0.25, 0.3) is 0 Å². The smallest absolute Gasteiger partial charge is 0.322 e. The van der Waals surface area contributed by atoms with Gasteiger partial charge in [0.15, 0.2) is 0 Å². The van der Waals surface area contributed by atoms with E-state index in [4.69, 9.17) is 5.11 Å². The van der Waals surface area contributed by atoms with Crippen molar-refractivity contribution in [2.24, 2.45) is 0 Å². The molecule has 0 fully saturated rings. The Balaban J connectivity index is 2.13. The number of benzene rings is 1. The Morgan fingerprint density at radius 1 is 1.00 bits per heavy atom. The molecule has 0 saturated carbocycles. The predicted molar refractivity (Wildman–Crippen MR) is 84.3 cm³/mol. The lowest BCUT2D eigenvalue weighted by molar-refractivity contribution is -0.134. The van der Waals surface area contributed by atoms with Crippen LogP contribution in [0.15, 0.2) is 24.3 Å². The molecule has 20 heavy (non-hydrogen) atoms. The van der Waals surface area contributed by atoms with Crippen LogP contribution in [0.5, 0.6) is 0 Å². The number of carboxylic acid groups (broad SMARTS) is 1. The fraction of sp³-hybridized carbons (Fsp3) is 0.588. The molecule has 0 aliphatic carbocycles. The molecule has 0 saturated heterocycles. The number of anilines is 1. The van der Waals surface area contributed by atoms with E-state index in [-0.39, 0.29) is 6.54 Å². The molecule has 0 aliphatic heterocycles. The van der Waals surface area contributed by atoms with Gasteiger partial charge in [0.25, 0.3) is 0 Å². The van der Waals surface area contributed by atoms with Crippen LogP contribution >= 0.6 is 0 Å². The topological polar surface area (TPSA) is 49.3 Å². The molecular formula is C17H27NO2. The first-order valence-electron chi connectivity index (χ1n) is 7.77. The average molecular weight is 277 g/mol. The monoisotopic (exact) mass is 277 g/mol. The molecule has 0 spiro atoms. The van der Waals surface area contributed by atoms with E-state index in [0.717, 1.165) is 12.1 Å². The Morgan fingerprint density at radius 2 is 1.60 bits per heavy atom. The van der Waals surface area contributed by atoms with E-state index in [0.29, 0.717) is 0 Å². The van der Waals surface area contributed by atoms with Gasteiger partial charge in [-0.25, -0.2) is 0 Å². The van der Waals surface area contributed by atoms with Crippen LogP contribution < -0.4 is 5.32 Å². The molecule has 0 unspecified atom stereocenters. The van der Waals surface area contributed by atoms with Crippen molar-refractivity contribution < 1.29 is 9.90 Å². The molecule has 0 atom stereocenters. The number of carbonyl (C=O) groups is 1. The fourth-order valence-corrected chi connectivity index (χ4v) is 2.25. The lowest BCUT2D eigenvalue weighted by atomic mass is 10.0. The minimum atomic E-state index is -0.836. The van der Waals surface area contributed by atoms with Gasteiger partial charge in [0.1, 0.15) is 6.54 Å². The van der Waals surface area contributed by atoms with Gasteiger partial charge >= 0.3 is 5.97 Å². The number of hydrogen-bond donors (Lipinski definition) is 2.